The van der Waals surface area contributed by atoms with Gasteiger partial charge in [0.25, 0.3) is 5.91 Å². The van der Waals surface area contributed by atoms with Crippen LogP contribution in [0.5, 0.6) is 0 Å². The standard InChI is InChI=1S/C21H16ClFN6O2/c1-28(16-8-4-13(22)5-9-16)19(30)18-17(12-2-6-14(23)7-3-12)27-21-25-10-15(11-29(18)21)26-20(24)31/h2-11H,1H3,(H3,24,26,31). The van der Waals surface area contributed by atoms with Crippen molar-refractivity contribution >= 4 is 40.7 Å². The number of rotatable bonds is 4. The summed E-state index contributed by atoms with van der Waals surface area (Å²) in [5, 5.41) is 2.96. The van der Waals surface area contributed by atoms with Gasteiger partial charge < -0.3 is 16.0 Å². The Kier molecular flexibility index (Phi) is 5.26. The third kappa shape index (κ3) is 4.03. The Morgan fingerprint density at radius 3 is 2.45 bits per heavy atom. The fraction of sp³-hybridized carbons (Fsp3) is 0.0476. The van der Waals surface area contributed by atoms with E-state index in [0.29, 0.717) is 22.0 Å². The number of nitrogens with zero attached hydrogens (tertiary/aromatic N) is 4. The summed E-state index contributed by atoms with van der Waals surface area (Å²) in [6, 6.07) is 11.6. The molecule has 4 aromatic rings. The van der Waals surface area contributed by atoms with Gasteiger partial charge in [-0.15, -0.1) is 0 Å². The van der Waals surface area contributed by atoms with Crippen LogP contribution in [-0.4, -0.2) is 33.4 Å². The number of amides is 3. The molecule has 0 saturated heterocycles. The Hall–Kier alpha value is -3.98. The number of fused-ring (bicyclic) bond motifs is 1. The zero-order valence-corrected chi connectivity index (χ0v) is 17.0. The van der Waals surface area contributed by atoms with Crippen LogP contribution in [0.4, 0.5) is 20.6 Å². The Morgan fingerprint density at radius 1 is 1.13 bits per heavy atom. The highest BCUT2D eigenvalue weighted by molar-refractivity contribution is 6.30. The number of anilines is 2. The van der Waals surface area contributed by atoms with E-state index in [9.17, 15) is 14.0 Å². The molecule has 3 N–H and O–H groups in total. The summed E-state index contributed by atoms with van der Waals surface area (Å²) >= 11 is 5.95. The fourth-order valence-electron chi connectivity index (χ4n) is 3.09. The van der Waals surface area contributed by atoms with Crippen LogP contribution in [0.15, 0.2) is 60.9 Å². The maximum atomic E-state index is 13.5. The summed E-state index contributed by atoms with van der Waals surface area (Å²) < 4.78 is 14.9. The molecule has 0 bridgehead atoms. The average molecular weight is 439 g/mol. The van der Waals surface area contributed by atoms with Crippen LogP contribution in [0.25, 0.3) is 17.0 Å². The molecule has 0 unspecified atom stereocenters. The Balaban J connectivity index is 1.89. The average Bonchev–Trinajstić information content (AvgIpc) is 3.12. The van der Waals surface area contributed by atoms with E-state index in [-0.39, 0.29) is 17.2 Å². The molecule has 0 aliphatic rings. The van der Waals surface area contributed by atoms with Crippen LogP contribution in [0.3, 0.4) is 0 Å². The van der Waals surface area contributed by atoms with Gasteiger partial charge in [0.1, 0.15) is 17.2 Å². The van der Waals surface area contributed by atoms with Gasteiger partial charge in [-0.05, 0) is 48.5 Å². The van der Waals surface area contributed by atoms with Gasteiger partial charge in [-0.3, -0.25) is 9.20 Å². The van der Waals surface area contributed by atoms with Gasteiger partial charge in [0.2, 0.25) is 5.78 Å². The molecule has 10 heteroatoms. The topological polar surface area (TPSA) is 106 Å². The van der Waals surface area contributed by atoms with Crippen molar-refractivity contribution in [2.45, 2.75) is 0 Å². The Bertz CT molecular complexity index is 1290. The van der Waals surface area contributed by atoms with Crippen molar-refractivity contribution < 1.29 is 14.0 Å². The summed E-state index contributed by atoms with van der Waals surface area (Å²) in [4.78, 5) is 34.9. The molecule has 3 amide bonds. The maximum absolute atomic E-state index is 13.5. The van der Waals surface area contributed by atoms with Crippen molar-refractivity contribution in [2.75, 3.05) is 17.3 Å². The molecule has 4 rings (SSSR count). The Labute approximate surface area is 181 Å². The first-order chi connectivity index (χ1) is 14.8. The summed E-state index contributed by atoms with van der Waals surface area (Å²) in [5.74, 6) is -0.584. The van der Waals surface area contributed by atoms with Crippen molar-refractivity contribution in [1.82, 2.24) is 14.4 Å². The van der Waals surface area contributed by atoms with E-state index in [1.165, 1.54) is 46.0 Å². The lowest BCUT2D eigenvalue weighted by Gasteiger charge is -2.18. The molecular formula is C21H16ClFN6O2. The number of carbonyl (C=O) groups excluding carboxylic acids is 2. The molecule has 0 spiro atoms. The van der Waals surface area contributed by atoms with Gasteiger partial charge in [0.15, 0.2) is 0 Å². The van der Waals surface area contributed by atoms with Crippen molar-refractivity contribution in [3.63, 3.8) is 0 Å². The lowest BCUT2D eigenvalue weighted by Crippen LogP contribution is -2.28. The first kappa shape index (κ1) is 20.3. The van der Waals surface area contributed by atoms with E-state index in [1.54, 1.807) is 31.3 Å². The lowest BCUT2D eigenvalue weighted by atomic mass is 10.1. The second kappa shape index (κ2) is 8.04. The summed E-state index contributed by atoms with van der Waals surface area (Å²) in [6.07, 6.45) is 2.87. The molecule has 0 radical (unpaired) electrons. The predicted octanol–water partition coefficient (Wildman–Crippen LogP) is 3.96. The van der Waals surface area contributed by atoms with Crippen LogP contribution < -0.4 is 16.0 Å². The van der Waals surface area contributed by atoms with Crippen LogP contribution in [0, 0.1) is 5.82 Å². The van der Waals surface area contributed by atoms with Gasteiger partial charge >= 0.3 is 6.03 Å². The summed E-state index contributed by atoms with van der Waals surface area (Å²) in [5.41, 5.74) is 7.10. The molecule has 31 heavy (non-hydrogen) atoms. The minimum atomic E-state index is -0.772. The van der Waals surface area contributed by atoms with Gasteiger partial charge in [0, 0.05) is 29.5 Å². The number of imidazole rings is 1. The van der Waals surface area contributed by atoms with E-state index >= 15 is 0 Å². The van der Waals surface area contributed by atoms with Crippen molar-refractivity contribution in [2.24, 2.45) is 5.73 Å². The van der Waals surface area contributed by atoms with Crippen LogP contribution in [-0.2, 0) is 0 Å². The number of hydrogen-bond acceptors (Lipinski definition) is 4. The molecule has 156 valence electrons. The van der Waals surface area contributed by atoms with Gasteiger partial charge in [-0.2, -0.15) is 0 Å². The highest BCUT2D eigenvalue weighted by atomic mass is 35.5. The number of nitrogens with one attached hydrogen (secondary N) is 1. The number of carbonyl (C=O) groups is 2. The second-order valence-electron chi connectivity index (χ2n) is 6.66. The maximum Gasteiger partial charge on any atom is 0.316 e. The van der Waals surface area contributed by atoms with Crippen LogP contribution in [0.1, 0.15) is 10.5 Å². The number of benzene rings is 2. The SMILES string of the molecule is CN(C(=O)c1c(-c2ccc(F)cc2)nc2ncc(NC(N)=O)cn12)c1ccc(Cl)cc1. The molecule has 2 aromatic carbocycles. The number of urea groups is 1. The van der Waals surface area contributed by atoms with E-state index in [4.69, 9.17) is 17.3 Å². The third-order valence-corrected chi connectivity index (χ3v) is 4.84. The number of aromatic nitrogens is 3. The smallest absolute Gasteiger partial charge is 0.316 e. The molecule has 8 nitrogen and oxygen atoms in total. The zero-order chi connectivity index (χ0) is 22.1. The highest BCUT2D eigenvalue weighted by Crippen LogP contribution is 2.28. The normalized spacial score (nSPS) is 10.8. The quantitative estimate of drug-likeness (QED) is 0.503. The first-order valence-corrected chi connectivity index (χ1v) is 9.45. The molecule has 2 heterocycles. The van der Waals surface area contributed by atoms with Crippen molar-refractivity contribution in [3.8, 4) is 11.3 Å². The summed E-state index contributed by atoms with van der Waals surface area (Å²) in [6.45, 7) is 0. The number of halogens is 2. The van der Waals surface area contributed by atoms with Crippen LogP contribution in [0.2, 0.25) is 5.02 Å². The second-order valence-corrected chi connectivity index (χ2v) is 7.09. The number of primary amides is 1. The molecule has 0 saturated carbocycles. The largest absolute Gasteiger partial charge is 0.351 e. The fourth-order valence-corrected chi connectivity index (χ4v) is 3.22. The molecule has 0 atom stereocenters. The molecule has 0 aliphatic heterocycles. The Morgan fingerprint density at radius 2 is 1.81 bits per heavy atom. The number of hydrogen-bond donors (Lipinski definition) is 2. The van der Waals surface area contributed by atoms with E-state index in [2.05, 4.69) is 15.3 Å². The third-order valence-electron chi connectivity index (χ3n) is 4.59. The van der Waals surface area contributed by atoms with Crippen LogP contribution >= 0.6 is 11.6 Å². The summed E-state index contributed by atoms with van der Waals surface area (Å²) in [7, 11) is 1.61. The van der Waals surface area contributed by atoms with E-state index < -0.39 is 17.8 Å². The van der Waals surface area contributed by atoms with Crippen molar-refractivity contribution in [1.29, 1.82) is 0 Å². The van der Waals surface area contributed by atoms with Gasteiger partial charge in [0.05, 0.1) is 11.9 Å². The predicted molar refractivity (Wildman–Crippen MR) is 116 cm³/mol. The van der Waals surface area contributed by atoms with Gasteiger partial charge in [-0.25, -0.2) is 19.2 Å². The number of nitrogens with two attached hydrogens (primary N) is 1. The zero-order valence-electron chi connectivity index (χ0n) is 16.2. The minimum absolute atomic E-state index is 0.180. The van der Waals surface area contributed by atoms with Crippen molar-refractivity contribution in [3.05, 3.63) is 77.5 Å². The highest BCUT2D eigenvalue weighted by Gasteiger charge is 2.25. The molecule has 0 aliphatic carbocycles. The monoisotopic (exact) mass is 438 g/mol. The molecule has 2 aromatic heterocycles. The minimum Gasteiger partial charge on any atom is -0.351 e. The van der Waals surface area contributed by atoms with Gasteiger partial charge in [-0.1, -0.05) is 11.6 Å². The van der Waals surface area contributed by atoms with E-state index in [1.807, 2.05) is 0 Å². The first-order valence-electron chi connectivity index (χ1n) is 9.07. The van der Waals surface area contributed by atoms with E-state index in [0.717, 1.165) is 0 Å². The lowest BCUT2D eigenvalue weighted by molar-refractivity contribution is 0.0988. The molecular weight excluding hydrogens is 423 g/mol. The molecule has 0 fully saturated rings.